The Morgan fingerprint density at radius 3 is 0.939 bits per heavy atom. The predicted molar refractivity (Wildman–Crippen MR) is 451 cm³/mol. The van der Waals surface area contributed by atoms with Crippen LogP contribution in [0, 0.1) is 98.4 Å². The number of aromatic nitrogens is 9. The average molecular weight is 2050 g/mol. The molecule has 6 aromatic carbocycles. The smallest absolute Gasteiger partial charge is 0.216 e. The minimum atomic E-state index is -2.34. The summed E-state index contributed by atoms with van der Waals surface area (Å²) in [5.74, 6) is -2.94. The molecule has 0 spiro atoms. The summed E-state index contributed by atoms with van der Waals surface area (Å²) in [6.45, 7) is 6.34. The van der Waals surface area contributed by atoms with Gasteiger partial charge in [0.25, 0.3) is 0 Å². The van der Waals surface area contributed by atoms with E-state index in [9.17, 15) is 0 Å². The van der Waals surface area contributed by atoms with Crippen molar-refractivity contribution in [1.82, 2.24) is 44.9 Å². The molecular formula is C99H87Ir3N9O3-6. The van der Waals surface area contributed by atoms with Crippen LogP contribution in [0.5, 0.6) is 0 Å². The fraction of sp³-hybridized carbons (Fsp3) is 0.182. The maximum Gasteiger partial charge on any atom is 0.216 e. The van der Waals surface area contributed by atoms with E-state index in [1.807, 2.05) is 140 Å². The van der Waals surface area contributed by atoms with Gasteiger partial charge in [0.15, 0.2) is 0 Å². The van der Waals surface area contributed by atoms with E-state index < -0.39 is 51.9 Å². The fourth-order valence-corrected chi connectivity index (χ4v) is 12.5. The van der Waals surface area contributed by atoms with Crippen molar-refractivity contribution in [3.05, 3.63) is 341 Å². The number of benzene rings is 6. The molecule has 15 heteroatoms. The molecule has 3 radical (unpaired) electrons. The topological polar surface area (TPSA) is 155 Å². The first-order valence-electron chi connectivity index (χ1n) is 44.6. The number of nitrogens with zero attached hydrogens (tertiary/aromatic N) is 9. The monoisotopic (exact) mass is 2050 g/mol. The normalized spacial score (nSPS) is 13.9. The van der Waals surface area contributed by atoms with Gasteiger partial charge in [-0.05, 0) is 183 Å². The molecule has 0 N–H and O–H groups in total. The molecule has 0 aliphatic heterocycles. The second-order valence-electron chi connectivity index (χ2n) is 26.6. The third kappa shape index (κ3) is 19.6. The largest absolute Gasteiger partial charge is 0.486 e. The van der Waals surface area contributed by atoms with Gasteiger partial charge in [0.2, 0.25) is 17.1 Å². The second kappa shape index (κ2) is 39.2. The van der Waals surface area contributed by atoms with Crippen LogP contribution in [0.25, 0.3) is 134 Å². The Bertz CT molecular complexity index is 6510. The van der Waals surface area contributed by atoms with E-state index in [-0.39, 0.29) is 99.7 Å². The van der Waals surface area contributed by atoms with Crippen LogP contribution in [-0.2, 0) is 60.3 Å². The van der Waals surface area contributed by atoms with Gasteiger partial charge in [0.1, 0.15) is 0 Å². The zero-order chi connectivity index (χ0) is 93.1. The van der Waals surface area contributed by atoms with Gasteiger partial charge in [-0.1, -0.05) is 148 Å². The maximum absolute atomic E-state index is 8.57. The van der Waals surface area contributed by atoms with Gasteiger partial charge in [-0.15, -0.1) is 161 Å². The minimum absolute atomic E-state index is 0. The van der Waals surface area contributed by atoms with E-state index in [0.29, 0.717) is 122 Å². The van der Waals surface area contributed by atoms with Crippen molar-refractivity contribution in [2.45, 2.75) is 121 Å². The Balaban J connectivity index is 0.000000167. The van der Waals surface area contributed by atoms with Gasteiger partial charge in [-0.3, -0.25) is 0 Å². The van der Waals surface area contributed by atoms with Crippen molar-refractivity contribution in [3.63, 3.8) is 0 Å². The molecule has 0 aliphatic carbocycles. The van der Waals surface area contributed by atoms with Crippen molar-refractivity contribution in [2.24, 2.45) is 0 Å². The molecule has 0 atom stereocenters. The van der Waals surface area contributed by atoms with Crippen LogP contribution in [0.3, 0.4) is 0 Å². The summed E-state index contributed by atoms with van der Waals surface area (Å²) in [5, 5.41) is 3.07. The van der Waals surface area contributed by atoms with E-state index in [2.05, 4.69) is 81.3 Å². The molecule has 18 rings (SSSR count). The van der Waals surface area contributed by atoms with Crippen molar-refractivity contribution in [1.29, 1.82) is 0 Å². The van der Waals surface area contributed by atoms with E-state index in [1.165, 1.54) is 12.4 Å². The van der Waals surface area contributed by atoms with Crippen LogP contribution in [0.1, 0.15) is 151 Å². The third-order valence-corrected chi connectivity index (χ3v) is 17.8. The van der Waals surface area contributed by atoms with Gasteiger partial charge < -0.3 is 43.2 Å². The summed E-state index contributed by atoms with van der Waals surface area (Å²) < 4.78 is 160. The van der Waals surface area contributed by atoms with Gasteiger partial charge >= 0.3 is 0 Å². The molecule has 0 bridgehead atoms. The standard InChI is InChI=1S/3C21H19N2O.C13H12N.C12H10N.C11H8N.3Ir/c3*1-12(2)15-8-9-16(17-7-5-6-10-22-17)20-19(15)18-13(3)11-14(4)23-21(18)24-20;1-10-8-13(14-9-11(10)2)12-6-4-3-5-7-12;1-10-7-8-12(13-9-10)11-5-3-2-4-6-11;1-2-6-10(7-3-1)11-8-4-5-9-12-11;;;/h3*5-8,10-12H,1-4H3;3-6,8-9H,1-2H3;2-5,7-9H,1H3;1-6,8-9H;;;/q6*-1;;;/i3*3D3,12D;2D3;1D3;;;;. The van der Waals surface area contributed by atoms with E-state index in [0.717, 1.165) is 39.3 Å². The van der Waals surface area contributed by atoms with Crippen LogP contribution in [0.4, 0.5) is 0 Å². The zero-order valence-corrected chi connectivity index (χ0v) is 71.0. The van der Waals surface area contributed by atoms with E-state index in [4.69, 9.17) is 37.9 Å². The summed E-state index contributed by atoms with van der Waals surface area (Å²) in [4.78, 5) is 39.0. The first-order chi connectivity index (χ1) is 60.7. The number of fused-ring (bicyclic) bond motifs is 9. The number of aryl methyl sites for hydroxylation is 9. The Morgan fingerprint density at radius 1 is 0.316 bits per heavy atom. The van der Waals surface area contributed by atoms with Crippen LogP contribution in [0.2, 0.25) is 0 Å². The molecular weight excluding hydrogens is 1940 g/mol. The average Bonchev–Trinajstić information content (AvgIpc) is 1.57. The van der Waals surface area contributed by atoms with Gasteiger partial charge in [-0.25, -0.2) is 15.0 Å². The number of rotatable bonds is 9. The molecule has 0 saturated heterocycles. The molecule has 18 aromatic rings. The Morgan fingerprint density at radius 2 is 0.649 bits per heavy atom. The molecule has 0 amide bonds. The summed E-state index contributed by atoms with van der Waals surface area (Å²) in [7, 11) is 0. The predicted octanol–water partition coefficient (Wildman–Crippen LogP) is 25.3. The number of hydrogen-bond acceptors (Lipinski definition) is 12. The number of pyridine rings is 9. The zero-order valence-electron chi connectivity index (χ0n) is 81.8. The molecule has 0 unspecified atom stereocenters. The molecule has 579 valence electrons. The van der Waals surface area contributed by atoms with Crippen LogP contribution >= 0.6 is 0 Å². The summed E-state index contributed by atoms with van der Waals surface area (Å²) in [5.41, 5.74) is 16.6. The third-order valence-electron chi connectivity index (χ3n) is 17.8. The van der Waals surface area contributed by atoms with Crippen molar-refractivity contribution >= 4 is 66.2 Å². The number of hydrogen-bond donors (Lipinski definition) is 0. The maximum atomic E-state index is 8.57. The molecule has 0 aliphatic rings. The molecule has 12 nitrogen and oxygen atoms in total. The van der Waals surface area contributed by atoms with Gasteiger partial charge in [0.05, 0.1) is 16.7 Å². The van der Waals surface area contributed by atoms with Gasteiger partial charge in [0, 0.05) is 155 Å². The Kier molecular flexibility index (Phi) is 21.8. The summed E-state index contributed by atoms with van der Waals surface area (Å²) in [6.07, 6.45) is 9.64. The molecule has 0 fully saturated rings. The fourth-order valence-electron chi connectivity index (χ4n) is 12.5. The molecule has 12 heterocycles. The molecule has 114 heavy (non-hydrogen) atoms. The van der Waals surface area contributed by atoms with Crippen LogP contribution in [-0.4, -0.2) is 44.9 Å². The van der Waals surface area contributed by atoms with Crippen molar-refractivity contribution in [2.75, 3.05) is 0 Å². The van der Waals surface area contributed by atoms with E-state index in [1.54, 1.807) is 155 Å². The van der Waals surface area contributed by atoms with E-state index >= 15 is 0 Å². The van der Waals surface area contributed by atoms with Crippen molar-refractivity contribution in [3.8, 4) is 67.5 Å². The summed E-state index contributed by atoms with van der Waals surface area (Å²) >= 11 is 0. The van der Waals surface area contributed by atoms with Crippen LogP contribution < -0.4 is 0 Å². The van der Waals surface area contributed by atoms with Gasteiger partial charge in [-0.2, -0.15) is 0 Å². The quantitative estimate of drug-likeness (QED) is 0.126. The van der Waals surface area contributed by atoms with Crippen LogP contribution in [0.15, 0.2) is 251 Å². The second-order valence-corrected chi connectivity index (χ2v) is 26.6. The minimum Gasteiger partial charge on any atom is -0.486 e. The molecule has 0 saturated carbocycles. The first-order valence-corrected chi connectivity index (χ1v) is 35.6. The SMILES string of the molecule is [2H]C([2H])([2H])c1cc(C)nc2oc3c(-c4ccccn4)[c-]cc(C([2H])(C)C)c3c12.[2H]C([2H])([2H])c1cc(C)nc2oc3c(-c4ccccn4)[c-]cc(C([2H])(C)C)c3c12.[2H]C([2H])([2H])c1cc(C)nc2oc3c(-c4ccccn4)[c-]cc(C([2H])(C)C)c3c12.[2H]C([2H])([2H])c1ccc(-c2[c-]cccc2)nc1.[2H]C([2H])([2H])c1cnc(-c2[c-]cccc2)cc1C.[Ir].[Ir].[Ir].[c-]1ccccc1-c1ccccn1. The Labute approximate surface area is 734 Å². The van der Waals surface area contributed by atoms with Crippen molar-refractivity contribution < 1.29 is 98.2 Å². The number of furan rings is 3. The molecule has 12 aromatic heterocycles. The Hall–Kier alpha value is -11.0. The summed E-state index contributed by atoms with van der Waals surface area (Å²) in [6, 6.07) is 79.0. The first kappa shape index (κ1) is 63.4.